The summed E-state index contributed by atoms with van der Waals surface area (Å²) in [6, 6.07) is 3.86. The van der Waals surface area contributed by atoms with Crippen LogP contribution in [0.3, 0.4) is 0 Å². The maximum Gasteiger partial charge on any atom is 0.418 e. The monoisotopic (exact) mass is 325 g/mol. The molecule has 0 fully saturated rings. The van der Waals surface area contributed by atoms with E-state index in [1.54, 1.807) is 0 Å². The number of rotatable bonds is 3. The van der Waals surface area contributed by atoms with E-state index in [1.165, 1.54) is 6.20 Å². The quantitative estimate of drug-likeness (QED) is 0.911. The first-order valence-electron chi connectivity index (χ1n) is 5.09. The molecule has 1 heterocycles. The molecule has 10 heteroatoms. The molecule has 108 valence electrons. The molecule has 20 heavy (non-hydrogen) atoms. The molecule has 1 aromatic heterocycles. The lowest BCUT2D eigenvalue weighted by atomic mass is 10.2. The first kappa shape index (κ1) is 14.7. The Morgan fingerprint density at radius 2 is 1.95 bits per heavy atom. The van der Waals surface area contributed by atoms with Crippen molar-refractivity contribution in [3.8, 4) is 0 Å². The van der Waals surface area contributed by atoms with Gasteiger partial charge >= 0.3 is 6.18 Å². The van der Waals surface area contributed by atoms with Gasteiger partial charge in [0.05, 0.1) is 17.4 Å². The Labute approximate surface area is 116 Å². The van der Waals surface area contributed by atoms with Gasteiger partial charge < -0.3 is 0 Å². The molecule has 2 N–H and O–H groups in total. The molecule has 2 rings (SSSR count). The maximum atomic E-state index is 12.8. The summed E-state index contributed by atoms with van der Waals surface area (Å²) in [5.74, 6) is 0. The van der Waals surface area contributed by atoms with E-state index in [-0.39, 0.29) is 10.0 Å². The van der Waals surface area contributed by atoms with Crippen LogP contribution in [0.15, 0.2) is 35.5 Å². The second-order valence-electron chi connectivity index (χ2n) is 3.71. The van der Waals surface area contributed by atoms with Crippen LogP contribution in [0.25, 0.3) is 0 Å². The minimum Gasteiger partial charge on any atom is -0.278 e. The molecule has 0 saturated heterocycles. The number of aromatic amines is 1. The number of nitrogens with zero attached hydrogens (tertiary/aromatic N) is 1. The van der Waals surface area contributed by atoms with Gasteiger partial charge in [-0.25, -0.2) is 0 Å². The summed E-state index contributed by atoms with van der Waals surface area (Å²) in [6.45, 7) is 0. The lowest BCUT2D eigenvalue weighted by Gasteiger charge is -2.14. The van der Waals surface area contributed by atoms with Crippen LogP contribution in [0.2, 0.25) is 5.02 Å². The predicted octanol–water partition coefficient (Wildman–Crippen LogP) is 2.88. The summed E-state index contributed by atoms with van der Waals surface area (Å²) in [6.07, 6.45) is -3.57. The summed E-state index contributed by atoms with van der Waals surface area (Å²) >= 11 is 5.50. The summed E-state index contributed by atoms with van der Waals surface area (Å²) in [7, 11) is -4.18. The van der Waals surface area contributed by atoms with E-state index in [2.05, 4.69) is 10.2 Å². The first-order chi connectivity index (χ1) is 9.20. The number of halogens is 4. The van der Waals surface area contributed by atoms with E-state index in [0.29, 0.717) is 6.07 Å². The minimum absolute atomic E-state index is 0.151. The highest BCUT2D eigenvalue weighted by Crippen LogP contribution is 2.37. The summed E-state index contributed by atoms with van der Waals surface area (Å²) in [4.78, 5) is 0. The zero-order valence-electron chi connectivity index (χ0n) is 9.57. The molecule has 0 aliphatic carbocycles. The van der Waals surface area contributed by atoms with Crippen molar-refractivity contribution in [1.82, 2.24) is 10.2 Å². The van der Waals surface area contributed by atoms with Crippen molar-refractivity contribution in [2.24, 2.45) is 0 Å². The Hall–Kier alpha value is -1.74. The fraction of sp³-hybridized carbons (Fsp3) is 0.100. The number of sulfonamides is 1. The van der Waals surface area contributed by atoms with Crippen LogP contribution in [0, 0.1) is 0 Å². The average molecular weight is 326 g/mol. The van der Waals surface area contributed by atoms with Crippen molar-refractivity contribution < 1.29 is 21.6 Å². The number of alkyl halides is 3. The largest absolute Gasteiger partial charge is 0.418 e. The Balaban J connectivity index is 2.45. The van der Waals surface area contributed by atoms with Crippen molar-refractivity contribution in [2.45, 2.75) is 11.2 Å². The van der Waals surface area contributed by atoms with Gasteiger partial charge in [0.2, 0.25) is 0 Å². The molecule has 0 bridgehead atoms. The van der Waals surface area contributed by atoms with Crippen LogP contribution in [0.1, 0.15) is 5.56 Å². The third-order valence-electron chi connectivity index (χ3n) is 2.30. The van der Waals surface area contributed by atoms with E-state index in [9.17, 15) is 21.6 Å². The molecular formula is C10H7ClF3N3O2S. The molecule has 0 radical (unpaired) electrons. The standard InChI is InChI=1S/C10H7ClF3N3O2S/c11-6-1-2-8(7(5-6)10(12,13)14)17-20(18,19)9-3-4-15-16-9/h1-5,17H,(H,15,16). The normalized spacial score (nSPS) is 12.4. The summed E-state index contributed by atoms with van der Waals surface area (Å²) in [5, 5.41) is 5.09. The van der Waals surface area contributed by atoms with Crippen molar-refractivity contribution >= 4 is 27.3 Å². The Morgan fingerprint density at radius 3 is 2.50 bits per heavy atom. The lowest BCUT2D eigenvalue weighted by Crippen LogP contribution is -2.17. The topological polar surface area (TPSA) is 74.8 Å². The molecule has 0 unspecified atom stereocenters. The molecule has 0 aliphatic rings. The van der Waals surface area contributed by atoms with Gasteiger partial charge in [0.1, 0.15) is 0 Å². The van der Waals surface area contributed by atoms with Gasteiger partial charge in [-0.3, -0.25) is 9.82 Å². The third-order valence-corrected chi connectivity index (χ3v) is 3.83. The Bertz CT molecular complexity index is 714. The van der Waals surface area contributed by atoms with Crippen molar-refractivity contribution in [3.63, 3.8) is 0 Å². The molecule has 0 saturated carbocycles. The predicted molar refractivity (Wildman–Crippen MR) is 65.9 cm³/mol. The number of aromatic nitrogens is 2. The zero-order chi connectivity index (χ0) is 15.0. The van der Waals surface area contributed by atoms with E-state index >= 15 is 0 Å². The van der Waals surface area contributed by atoms with Crippen LogP contribution in [-0.2, 0) is 16.2 Å². The van der Waals surface area contributed by atoms with E-state index in [1.807, 2.05) is 4.72 Å². The van der Waals surface area contributed by atoms with Gasteiger partial charge in [-0.1, -0.05) is 11.6 Å². The van der Waals surface area contributed by atoms with Crippen molar-refractivity contribution in [1.29, 1.82) is 0 Å². The molecule has 0 atom stereocenters. The number of hydrogen-bond acceptors (Lipinski definition) is 3. The van der Waals surface area contributed by atoms with Crippen LogP contribution < -0.4 is 4.72 Å². The van der Waals surface area contributed by atoms with Gasteiger partial charge in [0, 0.05) is 5.02 Å². The molecule has 2 aromatic rings. The highest BCUT2D eigenvalue weighted by atomic mass is 35.5. The molecule has 0 aliphatic heterocycles. The van der Waals surface area contributed by atoms with Crippen LogP contribution in [-0.4, -0.2) is 18.6 Å². The van der Waals surface area contributed by atoms with Gasteiger partial charge in [-0.2, -0.15) is 26.7 Å². The number of anilines is 1. The molecular weight excluding hydrogens is 319 g/mol. The zero-order valence-corrected chi connectivity index (χ0v) is 11.1. The average Bonchev–Trinajstić information content (AvgIpc) is 2.84. The third kappa shape index (κ3) is 3.05. The van der Waals surface area contributed by atoms with Gasteiger partial charge in [-0.05, 0) is 24.3 Å². The smallest absolute Gasteiger partial charge is 0.278 e. The number of nitrogens with one attached hydrogen (secondary N) is 2. The SMILES string of the molecule is O=S(=O)(Nc1ccc(Cl)cc1C(F)(F)F)c1ccn[nH]1. The van der Waals surface area contributed by atoms with E-state index in [0.717, 1.165) is 18.2 Å². The van der Waals surface area contributed by atoms with Crippen LogP contribution >= 0.6 is 11.6 Å². The van der Waals surface area contributed by atoms with Crippen LogP contribution in [0.5, 0.6) is 0 Å². The molecule has 5 nitrogen and oxygen atoms in total. The lowest BCUT2D eigenvalue weighted by molar-refractivity contribution is -0.136. The van der Waals surface area contributed by atoms with E-state index in [4.69, 9.17) is 11.6 Å². The Kier molecular flexibility index (Phi) is 3.65. The second-order valence-corrected chi connectivity index (χ2v) is 5.80. The maximum absolute atomic E-state index is 12.8. The van der Waals surface area contributed by atoms with Crippen molar-refractivity contribution in [3.05, 3.63) is 41.0 Å². The number of hydrogen-bond donors (Lipinski definition) is 2. The molecule has 0 spiro atoms. The van der Waals surface area contributed by atoms with Crippen LogP contribution in [0.4, 0.5) is 18.9 Å². The molecule has 0 amide bonds. The fourth-order valence-electron chi connectivity index (χ4n) is 1.43. The van der Waals surface area contributed by atoms with Gasteiger partial charge in [0.15, 0.2) is 5.03 Å². The number of benzene rings is 1. The summed E-state index contributed by atoms with van der Waals surface area (Å²) in [5.41, 5.74) is -1.79. The number of H-pyrrole nitrogens is 1. The Morgan fingerprint density at radius 1 is 1.25 bits per heavy atom. The van der Waals surface area contributed by atoms with Gasteiger partial charge in [-0.15, -0.1) is 0 Å². The van der Waals surface area contributed by atoms with E-state index < -0.39 is 27.5 Å². The highest BCUT2D eigenvalue weighted by molar-refractivity contribution is 7.92. The molecule has 1 aromatic carbocycles. The summed E-state index contributed by atoms with van der Waals surface area (Å²) < 4.78 is 64.0. The highest BCUT2D eigenvalue weighted by Gasteiger charge is 2.35. The minimum atomic E-state index is -4.74. The fourth-order valence-corrected chi connectivity index (χ4v) is 2.59. The first-order valence-corrected chi connectivity index (χ1v) is 6.95. The van der Waals surface area contributed by atoms with Gasteiger partial charge in [0.25, 0.3) is 10.0 Å². The second kappa shape index (κ2) is 4.98. The van der Waals surface area contributed by atoms with Crippen molar-refractivity contribution in [2.75, 3.05) is 4.72 Å².